The Kier molecular flexibility index (Phi) is 4.28. The lowest BCUT2D eigenvalue weighted by molar-refractivity contribution is 0.101. The molecule has 0 amide bonds. The summed E-state index contributed by atoms with van der Waals surface area (Å²) in [6.45, 7) is 2.50. The fraction of sp³-hybridized carbons (Fsp3) is 0.0870. The molecule has 0 aliphatic carbocycles. The first kappa shape index (κ1) is 16.2. The minimum absolute atomic E-state index is 0.102. The highest BCUT2D eigenvalue weighted by Crippen LogP contribution is 2.35. The highest BCUT2D eigenvalue weighted by Gasteiger charge is 2.27. The number of carbonyl (C=O) groups is 1. The number of carbonyl (C=O) groups excluding carboxylic acids is 1. The van der Waals surface area contributed by atoms with Gasteiger partial charge in [-0.25, -0.2) is 0 Å². The van der Waals surface area contributed by atoms with Gasteiger partial charge >= 0.3 is 0 Å². The highest BCUT2D eigenvalue weighted by molar-refractivity contribution is 6.14. The molecule has 1 aliphatic heterocycles. The lowest BCUT2D eigenvalue weighted by Crippen LogP contribution is -1.98. The first-order valence-electron chi connectivity index (χ1n) is 8.51. The molecule has 3 aromatic carbocycles. The van der Waals surface area contributed by atoms with Crippen LogP contribution in [0.2, 0.25) is 0 Å². The van der Waals surface area contributed by atoms with Crippen molar-refractivity contribution in [3.63, 3.8) is 0 Å². The monoisotopic (exact) mass is 342 g/mol. The Morgan fingerprint density at radius 1 is 0.962 bits per heavy atom. The summed E-state index contributed by atoms with van der Waals surface area (Å²) in [5, 5.41) is 0. The van der Waals surface area contributed by atoms with Crippen molar-refractivity contribution < 1.29 is 14.3 Å². The molecule has 3 aromatic rings. The van der Waals surface area contributed by atoms with Gasteiger partial charge in [0.1, 0.15) is 18.1 Å². The third kappa shape index (κ3) is 3.38. The lowest BCUT2D eigenvalue weighted by Gasteiger charge is -2.07. The summed E-state index contributed by atoms with van der Waals surface area (Å²) >= 11 is 0. The van der Waals surface area contributed by atoms with Crippen molar-refractivity contribution in [2.45, 2.75) is 13.5 Å². The highest BCUT2D eigenvalue weighted by atomic mass is 16.5. The first-order valence-corrected chi connectivity index (χ1v) is 8.51. The maximum absolute atomic E-state index is 12.5. The molecule has 0 N–H and O–H groups in total. The summed E-state index contributed by atoms with van der Waals surface area (Å²) in [7, 11) is 0. The van der Waals surface area contributed by atoms with Crippen molar-refractivity contribution >= 4 is 11.9 Å². The van der Waals surface area contributed by atoms with Crippen molar-refractivity contribution in [2.75, 3.05) is 0 Å². The summed E-state index contributed by atoms with van der Waals surface area (Å²) in [4.78, 5) is 12.5. The molecule has 0 saturated heterocycles. The Bertz CT molecular complexity index is 970. The summed E-state index contributed by atoms with van der Waals surface area (Å²) in [5.41, 5.74) is 3.77. The van der Waals surface area contributed by atoms with Crippen molar-refractivity contribution in [1.82, 2.24) is 0 Å². The van der Waals surface area contributed by atoms with Crippen LogP contribution in [-0.4, -0.2) is 5.78 Å². The van der Waals surface area contributed by atoms with Crippen LogP contribution < -0.4 is 9.47 Å². The number of ketones is 1. The Morgan fingerprint density at radius 2 is 1.73 bits per heavy atom. The third-order valence-electron chi connectivity index (χ3n) is 4.26. The number of hydrogen-bond acceptors (Lipinski definition) is 3. The van der Waals surface area contributed by atoms with Crippen molar-refractivity contribution in [1.29, 1.82) is 0 Å². The molecule has 0 spiro atoms. The van der Waals surface area contributed by atoms with Crippen LogP contribution in [-0.2, 0) is 6.61 Å². The molecule has 0 atom stereocenters. The second-order valence-corrected chi connectivity index (χ2v) is 6.28. The smallest absolute Gasteiger partial charge is 0.231 e. The SMILES string of the molecule is Cc1ccc(C=C2Oc3cc(OCc4ccccc4)ccc3C2=O)cc1. The minimum atomic E-state index is -0.102. The molecular weight excluding hydrogens is 324 g/mol. The largest absolute Gasteiger partial charge is 0.489 e. The van der Waals surface area contributed by atoms with Gasteiger partial charge < -0.3 is 9.47 Å². The molecule has 3 nitrogen and oxygen atoms in total. The summed E-state index contributed by atoms with van der Waals surface area (Å²) in [6.07, 6.45) is 1.77. The summed E-state index contributed by atoms with van der Waals surface area (Å²) in [6, 6.07) is 23.2. The van der Waals surface area contributed by atoms with E-state index >= 15 is 0 Å². The quantitative estimate of drug-likeness (QED) is 0.612. The fourth-order valence-electron chi connectivity index (χ4n) is 2.81. The Labute approximate surface area is 152 Å². The maximum Gasteiger partial charge on any atom is 0.231 e. The number of fused-ring (bicyclic) bond motifs is 1. The number of rotatable bonds is 4. The fourth-order valence-corrected chi connectivity index (χ4v) is 2.81. The zero-order valence-electron chi connectivity index (χ0n) is 14.4. The van der Waals surface area contributed by atoms with E-state index in [-0.39, 0.29) is 5.78 Å². The van der Waals surface area contributed by atoms with Crippen LogP contribution in [0.15, 0.2) is 78.6 Å². The standard InChI is InChI=1S/C23H18O3/c1-16-7-9-17(10-8-16)13-22-23(24)20-12-11-19(14-21(20)26-22)25-15-18-5-3-2-4-6-18/h2-14H,15H2,1H3. The molecule has 128 valence electrons. The van der Waals surface area contributed by atoms with Crippen LogP contribution in [0.3, 0.4) is 0 Å². The van der Waals surface area contributed by atoms with Gasteiger partial charge in [0.25, 0.3) is 0 Å². The van der Waals surface area contributed by atoms with E-state index in [1.165, 1.54) is 5.56 Å². The maximum atomic E-state index is 12.5. The van der Waals surface area contributed by atoms with Crippen molar-refractivity contribution in [3.8, 4) is 11.5 Å². The average molecular weight is 342 g/mol. The van der Waals surface area contributed by atoms with Gasteiger partial charge in [0.2, 0.25) is 5.78 Å². The van der Waals surface area contributed by atoms with Gasteiger partial charge in [-0.05, 0) is 36.3 Å². The molecule has 0 fully saturated rings. The van der Waals surface area contributed by atoms with E-state index in [0.29, 0.717) is 29.4 Å². The molecule has 0 aromatic heterocycles. The third-order valence-corrected chi connectivity index (χ3v) is 4.26. The van der Waals surface area contributed by atoms with E-state index in [4.69, 9.17) is 9.47 Å². The van der Waals surface area contributed by atoms with Crippen LogP contribution in [0.1, 0.15) is 27.0 Å². The van der Waals surface area contributed by atoms with Gasteiger partial charge in [-0.1, -0.05) is 60.2 Å². The predicted molar refractivity (Wildman–Crippen MR) is 101 cm³/mol. The van der Waals surface area contributed by atoms with Crippen LogP contribution in [0.25, 0.3) is 6.08 Å². The van der Waals surface area contributed by atoms with E-state index in [1.54, 1.807) is 24.3 Å². The minimum Gasteiger partial charge on any atom is -0.489 e. The van der Waals surface area contributed by atoms with E-state index in [1.807, 2.05) is 61.5 Å². The number of aryl methyl sites for hydroxylation is 1. The van der Waals surface area contributed by atoms with Crippen molar-refractivity contribution in [3.05, 3.63) is 101 Å². The Hall–Kier alpha value is -3.33. The van der Waals surface area contributed by atoms with Crippen LogP contribution >= 0.6 is 0 Å². The molecule has 1 heterocycles. The zero-order valence-corrected chi connectivity index (χ0v) is 14.4. The number of Topliss-reactive ketones (excluding diaryl/α,β-unsaturated/α-hetero) is 1. The molecule has 0 bridgehead atoms. The van der Waals surface area contributed by atoms with Crippen molar-refractivity contribution in [2.24, 2.45) is 0 Å². The number of hydrogen-bond donors (Lipinski definition) is 0. The number of benzene rings is 3. The topological polar surface area (TPSA) is 35.5 Å². The van der Waals surface area contributed by atoms with Gasteiger partial charge in [0, 0.05) is 6.07 Å². The second-order valence-electron chi connectivity index (χ2n) is 6.28. The van der Waals surface area contributed by atoms with Gasteiger partial charge in [0.15, 0.2) is 5.76 Å². The predicted octanol–water partition coefficient (Wildman–Crippen LogP) is 5.19. The normalized spacial score (nSPS) is 14.2. The second kappa shape index (κ2) is 6.89. The molecule has 26 heavy (non-hydrogen) atoms. The molecule has 0 saturated carbocycles. The Balaban J connectivity index is 1.52. The van der Waals surface area contributed by atoms with Crippen LogP contribution in [0.4, 0.5) is 0 Å². The molecule has 0 unspecified atom stereocenters. The van der Waals surface area contributed by atoms with E-state index in [2.05, 4.69) is 0 Å². The van der Waals surface area contributed by atoms with Gasteiger partial charge in [-0.15, -0.1) is 0 Å². The zero-order chi connectivity index (χ0) is 17.9. The molecular formula is C23H18O3. The van der Waals surface area contributed by atoms with Gasteiger partial charge in [-0.2, -0.15) is 0 Å². The van der Waals surface area contributed by atoms with Gasteiger partial charge in [-0.3, -0.25) is 4.79 Å². The van der Waals surface area contributed by atoms with E-state index in [9.17, 15) is 4.79 Å². The number of allylic oxidation sites excluding steroid dienone is 1. The average Bonchev–Trinajstić information content (AvgIpc) is 2.98. The summed E-state index contributed by atoms with van der Waals surface area (Å²) in [5.74, 6) is 1.45. The molecule has 4 rings (SSSR count). The van der Waals surface area contributed by atoms with Crippen LogP contribution in [0, 0.1) is 6.92 Å². The first-order chi connectivity index (χ1) is 12.7. The molecule has 0 radical (unpaired) electrons. The Morgan fingerprint density at radius 3 is 2.50 bits per heavy atom. The number of ether oxygens (including phenoxy) is 2. The molecule has 1 aliphatic rings. The van der Waals surface area contributed by atoms with E-state index < -0.39 is 0 Å². The van der Waals surface area contributed by atoms with Crippen LogP contribution in [0.5, 0.6) is 11.5 Å². The molecule has 3 heteroatoms. The lowest BCUT2D eigenvalue weighted by atomic mass is 10.1. The summed E-state index contributed by atoms with van der Waals surface area (Å²) < 4.78 is 11.6. The van der Waals surface area contributed by atoms with E-state index in [0.717, 1.165) is 11.1 Å². The van der Waals surface area contributed by atoms with Gasteiger partial charge in [0.05, 0.1) is 5.56 Å².